The normalized spacial score (nSPS) is 15.1. The molecule has 0 atom stereocenters. The Hall–Kier alpha value is -2.97. The fraction of sp³-hybridized carbons (Fsp3) is 0.360. The Kier molecular flexibility index (Phi) is 6.95. The van der Waals surface area contributed by atoms with Gasteiger partial charge in [0.1, 0.15) is 11.5 Å². The first kappa shape index (κ1) is 23.2. The lowest BCUT2D eigenvalue weighted by molar-refractivity contribution is 0.242. The summed E-state index contributed by atoms with van der Waals surface area (Å²) < 4.78 is 44.5. The van der Waals surface area contributed by atoms with E-state index >= 15 is 0 Å². The number of ether oxygens (including phenoxy) is 2. The van der Waals surface area contributed by atoms with Gasteiger partial charge in [0.25, 0.3) is 0 Å². The van der Waals surface area contributed by atoms with Crippen molar-refractivity contribution in [2.45, 2.75) is 31.8 Å². The molecule has 2 heterocycles. The third kappa shape index (κ3) is 5.17. The quantitative estimate of drug-likeness (QED) is 0.478. The topological polar surface area (TPSA) is 72.2 Å². The van der Waals surface area contributed by atoms with E-state index in [2.05, 4.69) is 4.90 Å². The number of rotatable bonds is 8. The zero-order valence-electron chi connectivity index (χ0n) is 19.2. The number of benzene rings is 2. The average Bonchev–Trinajstić information content (AvgIpc) is 3.34. The van der Waals surface area contributed by atoms with Gasteiger partial charge in [-0.15, -0.1) is 0 Å². The number of hydrogen-bond donors (Lipinski definition) is 0. The number of anilines is 1. The summed E-state index contributed by atoms with van der Waals surface area (Å²) in [7, 11) is -3.55. The first-order chi connectivity index (χ1) is 15.9. The van der Waals surface area contributed by atoms with E-state index in [4.69, 9.17) is 13.9 Å². The number of furan rings is 1. The Balaban J connectivity index is 1.45. The largest absolute Gasteiger partial charge is 0.493 e. The Morgan fingerprint density at radius 3 is 2.33 bits per heavy atom. The number of nitrogens with zero attached hydrogens (tertiary/aromatic N) is 2. The molecule has 0 bridgehead atoms. The summed E-state index contributed by atoms with van der Waals surface area (Å²) in [5.41, 5.74) is 2.95. The first-order valence-corrected chi connectivity index (χ1v) is 12.6. The van der Waals surface area contributed by atoms with E-state index in [9.17, 15) is 8.42 Å². The molecular weight excluding hydrogens is 440 g/mol. The van der Waals surface area contributed by atoms with E-state index < -0.39 is 10.0 Å². The Morgan fingerprint density at radius 2 is 1.73 bits per heavy atom. The minimum absolute atomic E-state index is 0.0394. The summed E-state index contributed by atoms with van der Waals surface area (Å²) in [5, 5.41) is 0. The summed E-state index contributed by atoms with van der Waals surface area (Å²) in [5.74, 6) is 1.45. The number of sulfonamides is 1. The minimum atomic E-state index is -3.55. The minimum Gasteiger partial charge on any atom is -0.493 e. The molecule has 1 aromatic heterocycles. The van der Waals surface area contributed by atoms with Gasteiger partial charge in [0, 0.05) is 49.1 Å². The highest BCUT2D eigenvalue weighted by atomic mass is 32.2. The van der Waals surface area contributed by atoms with Crippen LogP contribution in [0.25, 0.3) is 11.1 Å². The lowest BCUT2D eigenvalue weighted by Crippen LogP contribution is -2.48. The zero-order valence-corrected chi connectivity index (χ0v) is 20.0. The van der Waals surface area contributed by atoms with Crippen molar-refractivity contribution in [3.05, 3.63) is 61.1 Å². The molecule has 3 aromatic rings. The summed E-state index contributed by atoms with van der Waals surface area (Å²) >= 11 is 0. The second-order valence-corrected chi connectivity index (χ2v) is 10.1. The molecule has 2 aromatic carbocycles. The van der Waals surface area contributed by atoms with Crippen molar-refractivity contribution in [1.29, 1.82) is 0 Å². The van der Waals surface area contributed by atoms with Crippen LogP contribution in [0, 0.1) is 0 Å². The van der Waals surface area contributed by atoms with Crippen molar-refractivity contribution in [2.75, 3.05) is 37.7 Å². The summed E-state index contributed by atoms with van der Waals surface area (Å²) in [6.45, 7) is 8.42. The molecule has 0 aliphatic carbocycles. The molecule has 33 heavy (non-hydrogen) atoms. The Morgan fingerprint density at radius 1 is 1.00 bits per heavy atom. The first-order valence-electron chi connectivity index (χ1n) is 11.2. The molecular formula is C25H30N2O5S. The van der Waals surface area contributed by atoms with Crippen molar-refractivity contribution in [2.24, 2.45) is 0 Å². The van der Waals surface area contributed by atoms with E-state index in [1.54, 1.807) is 41.1 Å². The van der Waals surface area contributed by atoms with Crippen molar-refractivity contribution in [1.82, 2.24) is 4.31 Å². The van der Waals surface area contributed by atoms with Gasteiger partial charge in [0.2, 0.25) is 10.0 Å². The van der Waals surface area contributed by atoms with Crippen LogP contribution in [0.3, 0.4) is 0 Å². The highest BCUT2D eigenvalue weighted by Gasteiger charge is 2.29. The lowest BCUT2D eigenvalue weighted by Gasteiger charge is -2.35. The van der Waals surface area contributed by atoms with Gasteiger partial charge in [-0.2, -0.15) is 4.31 Å². The third-order valence-electron chi connectivity index (χ3n) is 5.53. The van der Waals surface area contributed by atoms with Crippen molar-refractivity contribution < 1.29 is 22.3 Å². The molecule has 1 fully saturated rings. The molecule has 7 nitrogen and oxygen atoms in total. The fourth-order valence-electron chi connectivity index (χ4n) is 3.94. The molecule has 1 aliphatic rings. The maximum Gasteiger partial charge on any atom is 0.243 e. The standard InChI is InChI=1S/C25H30N2O5S/c1-4-31-25-17-21(5-10-24(25)20-11-16-30-18-20)26-12-14-27(15-13-26)33(28,29)23-8-6-22(7-9-23)32-19(2)3/h5-11,16-19H,4,12-15H2,1-3H3. The second kappa shape index (κ2) is 9.89. The van der Waals surface area contributed by atoms with Crippen LogP contribution in [-0.2, 0) is 10.0 Å². The van der Waals surface area contributed by atoms with Crippen LogP contribution >= 0.6 is 0 Å². The Bertz CT molecular complexity index is 1150. The van der Waals surface area contributed by atoms with Gasteiger partial charge >= 0.3 is 0 Å². The Labute approximate surface area is 195 Å². The van der Waals surface area contributed by atoms with Gasteiger partial charge in [-0.3, -0.25) is 0 Å². The highest BCUT2D eigenvalue weighted by Crippen LogP contribution is 2.34. The van der Waals surface area contributed by atoms with Gasteiger partial charge in [-0.25, -0.2) is 8.42 Å². The third-order valence-corrected chi connectivity index (χ3v) is 7.45. The van der Waals surface area contributed by atoms with Gasteiger partial charge in [0.05, 0.1) is 30.1 Å². The van der Waals surface area contributed by atoms with Crippen molar-refractivity contribution >= 4 is 15.7 Å². The summed E-state index contributed by atoms with van der Waals surface area (Å²) in [6.07, 6.45) is 3.38. The van der Waals surface area contributed by atoms with E-state index in [-0.39, 0.29) is 11.0 Å². The molecule has 0 radical (unpaired) electrons. The van der Waals surface area contributed by atoms with Crippen LogP contribution in [0.1, 0.15) is 20.8 Å². The molecule has 0 N–H and O–H groups in total. The number of hydrogen-bond acceptors (Lipinski definition) is 6. The summed E-state index contributed by atoms with van der Waals surface area (Å²) in [4.78, 5) is 2.47. The predicted octanol–water partition coefficient (Wildman–Crippen LogP) is 4.64. The van der Waals surface area contributed by atoms with Crippen LogP contribution in [0.5, 0.6) is 11.5 Å². The molecule has 1 saturated heterocycles. The van der Waals surface area contributed by atoms with E-state index in [0.717, 1.165) is 22.6 Å². The molecule has 0 amide bonds. The molecule has 8 heteroatoms. The van der Waals surface area contributed by atoms with Crippen LogP contribution in [0.4, 0.5) is 5.69 Å². The average molecular weight is 471 g/mol. The van der Waals surface area contributed by atoms with E-state index in [1.165, 1.54) is 0 Å². The van der Waals surface area contributed by atoms with Crippen LogP contribution in [0.2, 0.25) is 0 Å². The van der Waals surface area contributed by atoms with Crippen LogP contribution in [0.15, 0.2) is 70.4 Å². The van der Waals surface area contributed by atoms with E-state index in [0.29, 0.717) is 38.5 Å². The van der Waals surface area contributed by atoms with Crippen molar-refractivity contribution in [3.8, 4) is 22.6 Å². The van der Waals surface area contributed by atoms with Gasteiger partial charge in [-0.05, 0) is 63.2 Å². The van der Waals surface area contributed by atoms with Crippen LogP contribution in [-0.4, -0.2) is 51.6 Å². The smallest absolute Gasteiger partial charge is 0.243 e. The molecule has 0 spiro atoms. The number of piperazine rings is 1. The molecule has 0 saturated carbocycles. The maximum absolute atomic E-state index is 13.1. The highest BCUT2D eigenvalue weighted by molar-refractivity contribution is 7.89. The molecule has 4 rings (SSSR count). The van der Waals surface area contributed by atoms with Gasteiger partial charge < -0.3 is 18.8 Å². The predicted molar refractivity (Wildman–Crippen MR) is 128 cm³/mol. The zero-order chi connectivity index (χ0) is 23.4. The van der Waals surface area contributed by atoms with Gasteiger partial charge in [-0.1, -0.05) is 0 Å². The van der Waals surface area contributed by atoms with Gasteiger partial charge in [0.15, 0.2) is 0 Å². The van der Waals surface area contributed by atoms with Crippen LogP contribution < -0.4 is 14.4 Å². The molecule has 0 unspecified atom stereocenters. The van der Waals surface area contributed by atoms with E-state index in [1.807, 2.05) is 45.0 Å². The maximum atomic E-state index is 13.1. The molecule has 176 valence electrons. The lowest BCUT2D eigenvalue weighted by atomic mass is 10.1. The fourth-order valence-corrected chi connectivity index (χ4v) is 5.36. The van der Waals surface area contributed by atoms with Crippen molar-refractivity contribution in [3.63, 3.8) is 0 Å². The second-order valence-electron chi connectivity index (χ2n) is 8.15. The SMILES string of the molecule is CCOc1cc(N2CCN(S(=O)(=O)c3ccc(OC(C)C)cc3)CC2)ccc1-c1ccoc1. The monoisotopic (exact) mass is 470 g/mol. The summed E-state index contributed by atoms with van der Waals surface area (Å²) in [6, 6.07) is 14.6. The molecule has 1 aliphatic heterocycles.